The zero-order chi connectivity index (χ0) is 11.2. The van der Waals surface area contributed by atoms with Crippen LogP contribution in [0.2, 0.25) is 0 Å². The van der Waals surface area contributed by atoms with Crippen molar-refractivity contribution in [3.63, 3.8) is 0 Å². The Hall–Kier alpha value is -1.78. The molecule has 80 valence electrons. The van der Waals surface area contributed by atoms with E-state index < -0.39 is 0 Å². The van der Waals surface area contributed by atoms with Gasteiger partial charge in [-0.25, -0.2) is 9.13 Å². The van der Waals surface area contributed by atoms with Crippen LogP contribution in [0.25, 0.3) is 5.78 Å². The zero-order valence-corrected chi connectivity index (χ0v) is 9.02. The normalized spacial score (nSPS) is 11.1. The number of nitrogens with zero attached hydrogens (tertiary/aromatic N) is 3. The van der Waals surface area contributed by atoms with Gasteiger partial charge in [0.2, 0.25) is 0 Å². The van der Waals surface area contributed by atoms with Crippen molar-refractivity contribution in [3.8, 4) is 5.88 Å². The van der Waals surface area contributed by atoms with Crippen molar-refractivity contribution in [2.45, 2.75) is 20.4 Å². The minimum Gasteiger partial charge on any atom is -0.848 e. The SMILES string of the molecule is CCn1c([O-])c(C)c(=O)n2cc[n+](C)c12. The fourth-order valence-corrected chi connectivity index (χ4v) is 1.80. The summed E-state index contributed by atoms with van der Waals surface area (Å²) in [6.45, 7) is 4.01. The van der Waals surface area contributed by atoms with Gasteiger partial charge in [0.1, 0.15) is 6.20 Å². The summed E-state index contributed by atoms with van der Waals surface area (Å²) in [5.41, 5.74) is 0.0286. The summed E-state index contributed by atoms with van der Waals surface area (Å²) in [7, 11) is 1.82. The van der Waals surface area contributed by atoms with Crippen molar-refractivity contribution in [2.75, 3.05) is 0 Å². The highest BCUT2D eigenvalue weighted by molar-refractivity contribution is 5.33. The van der Waals surface area contributed by atoms with Crippen LogP contribution in [0.3, 0.4) is 0 Å². The molecule has 2 rings (SSSR count). The van der Waals surface area contributed by atoms with E-state index in [9.17, 15) is 9.90 Å². The van der Waals surface area contributed by atoms with Crippen LogP contribution < -0.4 is 15.2 Å². The van der Waals surface area contributed by atoms with E-state index in [0.717, 1.165) is 0 Å². The summed E-state index contributed by atoms with van der Waals surface area (Å²) < 4.78 is 4.86. The second-order valence-corrected chi connectivity index (χ2v) is 3.56. The van der Waals surface area contributed by atoms with Crippen molar-refractivity contribution in [1.29, 1.82) is 0 Å². The van der Waals surface area contributed by atoms with E-state index in [1.54, 1.807) is 28.5 Å². The maximum absolute atomic E-state index is 11.8. The fraction of sp³-hybridized carbons (Fsp3) is 0.400. The molecule has 0 saturated heterocycles. The Bertz CT molecular complexity index is 580. The van der Waals surface area contributed by atoms with Gasteiger partial charge in [-0.1, -0.05) is 0 Å². The molecule has 0 aliphatic rings. The van der Waals surface area contributed by atoms with Crippen molar-refractivity contribution >= 4 is 5.78 Å². The topological polar surface area (TPSA) is 53.4 Å². The van der Waals surface area contributed by atoms with Gasteiger partial charge in [-0.15, -0.1) is 0 Å². The molecule has 0 bridgehead atoms. The summed E-state index contributed by atoms with van der Waals surface area (Å²) in [5, 5.41) is 11.8. The number of imidazole rings is 1. The monoisotopic (exact) mass is 207 g/mol. The number of aryl methyl sites for hydroxylation is 2. The Morgan fingerprint density at radius 2 is 2.20 bits per heavy atom. The maximum atomic E-state index is 11.8. The first-order chi connectivity index (χ1) is 7.07. The van der Waals surface area contributed by atoms with Crippen LogP contribution in [0.4, 0.5) is 0 Å². The maximum Gasteiger partial charge on any atom is 0.371 e. The van der Waals surface area contributed by atoms with E-state index in [4.69, 9.17) is 0 Å². The molecule has 15 heavy (non-hydrogen) atoms. The molecule has 0 amide bonds. The number of rotatable bonds is 1. The lowest BCUT2D eigenvalue weighted by Crippen LogP contribution is -2.34. The standard InChI is InChI=1S/C10H13N3O2/c1-4-12-8(14)7(2)9(15)13-6-5-11(3)10(12)13/h5-6H,4H2,1-3H3. The smallest absolute Gasteiger partial charge is 0.371 e. The molecule has 5 heteroatoms. The predicted octanol–water partition coefficient (Wildman–Crippen LogP) is -0.673. The van der Waals surface area contributed by atoms with Crippen LogP contribution in [0.5, 0.6) is 5.88 Å². The molecule has 0 N–H and O–H groups in total. The molecule has 2 aromatic rings. The number of aromatic nitrogens is 3. The zero-order valence-electron chi connectivity index (χ0n) is 9.02. The fourth-order valence-electron chi connectivity index (χ4n) is 1.80. The first-order valence-electron chi connectivity index (χ1n) is 4.85. The van der Waals surface area contributed by atoms with Crippen molar-refractivity contribution < 1.29 is 9.67 Å². The first-order valence-corrected chi connectivity index (χ1v) is 4.85. The van der Waals surface area contributed by atoms with Crippen LogP contribution in [0.1, 0.15) is 12.5 Å². The summed E-state index contributed by atoms with van der Waals surface area (Å²) in [6, 6.07) is 0. The number of hydrogen-bond acceptors (Lipinski definition) is 2. The molecule has 0 radical (unpaired) electrons. The summed E-state index contributed by atoms with van der Waals surface area (Å²) >= 11 is 0. The van der Waals surface area contributed by atoms with E-state index in [1.165, 1.54) is 4.40 Å². The number of hydrogen-bond donors (Lipinski definition) is 0. The summed E-state index contributed by atoms with van der Waals surface area (Å²) in [6.07, 6.45) is 3.44. The van der Waals surface area contributed by atoms with Crippen LogP contribution >= 0.6 is 0 Å². The Labute approximate surface area is 86.8 Å². The van der Waals surface area contributed by atoms with Gasteiger partial charge in [0.05, 0.1) is 25.4 Å². The van der Waals surface area contributed by atoms with Crippen molar-refractivity contribution in [1.82, 2.24) is 8.97 Å². The van der Waals surface area contributed by atoms with Gasteiger partial charge >= 0.3 is 11.3 Å². The van der Waals surface area contributed by atoms with Gasteiger partial charge in [-0.3, -0.25) is 4.79 Å². The van der Waals surface area contributed by atoms with Gasteiger partial charge in [-0.2, -0.15) is 4.40 Å². The van der Waals surface area contributed by atoms with E-state index in [2.05, 4.69) is 0 Å². The van der Waals surface area contributed by atoms with E-state index >= 15 is 0 Å². The van der Waals surface area contributed by atoms with Crippen LogP contribution in [0.15, 0.2) is 17.2 Å². The van der Waals surface area contributed by atoms with Crippen LogP contribution in [0, 0.1) is 6.92 Å². The van der Waals surface area contributed by atoms with Gasteiger partial charge in [0.25, 0.3) is 0 Å². The van der Waals surface area contributed by atoms with Crippen molar-refractivity contribution in [3.05, 3.63) is 28.3 Å². The Balaban J connectivity index is 3.08. The largest absolute Gasteiger partial charge is 0.848 e. The quantitative estimate of drug-likeness (QED) is 0.582. The molecule has 0 aliphatic carbocycles. The third-order valence-corrected chi connectivity index (χ3v) is 2.63. The second kappa shape index (κ2) is 3.12. The average molecular weight is 207 g/mol. The van der Waals surface area contributed by atoms with Gasteiger partial charge in [-0.05, 0) is 13.8 Å². The third-order valence-electron chi connectivity index (χ3n) is 2.63. The van der Waals surface area contributed by atoms with Gasteiger partial charge in [0, 0.05) is 5.88 Å². The molecule has 0 aromatic carbocycles. The second-order valence-electron chi connectivity index (χ2n) is 3.56. The lowest BCUT2D eigenvalue weighted by Gasteiger charge is -2.13. The minimum absolute atomic E-state index is 0.204. The number of fused-ring (bicyclic) bond motifs is 1. The predicted molar refractivity (Wildman–Crippen MR) is 52.7 cm³/mol. The van der Waals surface area contributed by atoms with Gasteiger partial charge < -0.3 is 5.11 Å². The lowest BCUT2D eigenvalue weighted by molar-refractivity contribution is -0.647. The van der Waals surface area contributed by atoms with Crippen LogP contribution in [-0.4, -0.2) is 8.97 Å². The van der Waals surface area contributed by atoms with E-state index in [0.29, 0.717) is 12.3 Å². The lowest BCUT2D eigenvalue weighted by atomic mass is 10.3. The molecule has 2 heterocycles. The molecular weight excluding hydrogens is 194 g/mol. The Kier molecular flexibility index (Phi) is 2.03. The molecule has 0 aliphatic heterocycles. The van der Waals surface area contributed by atoms with Gasteiger partial charge in [0.15, 0.2) is 0 Å². The highest BCUT2D eigenvalue weighted by Gasteiger charge is 2.16. The third kappa shape index (κ3) is 1.16. The molecule has 2 aromatic heterocycles. The highest BCUT2D eigenvalue weighted by Crippen LogP contribution is 2.10. The van der Waals surface area contributed by atoms with E-state index in [1.807, 2.05) is 14.0 Å². The van der Waals surface area contributed by atoms with Crippen molar-refractivity contribution in [2.24, 2.45) is 7.05 Å². The minimum atomic E-state index is -0.236. The van der Waals surface area contributed by atoms with Crippen LogP contribution in [-0.2, 0) is 13.6 Å². The molecule has 0 saturated carbocycles. The van der Waals surface area contributed by atoms with E-state index in [-0.39, 0.29) is 17.0 Å². The molecule has 0 spiro atoms. The first kappa shape index (κ1) is 9.76. The highest BCUT2D eigenvalue weighted by atomic mass is 16.3. The summed E-state index contributed by atoms with van der Waals surface area (Å²) in [4.78, 5) is 11.8. The molecular formula is C10H13N3O2. The molecule has 0 unspecified atom stereocenters. The molecule has 5 nitrogen and oxygen atoms in total. The Morgan fingerprint density at radius 1 is 1.53 bits per heavy atom. The Morgan fingerprint density at radius 3 is 2.80 bits per heavy atom. The molecule has 0 fully saturated rings. The summed E-state index contributed by atoms with van der Waals surface area (Å²) in [5.74, 6) is 0.419. The average Bonchev–Trinajstić information content (AvgIpc) is 2.59. The molecule has 0 atom stereocenters.